The first-order valence-electron chi connectivity index (χ1n) is 2.39. The zero-order chi connectivity index (χ0) is 6.36. The van der Waals surface area contributed by atoms with Crippen molar-refractivity contribution in [2.24, 2.45) is 0 Å². The van der Waals surface area contributed by atoms with Crippen LogP contribution in [0, 0.1) is 10.1 Å². The van der Waals surface area contributed by atoms with Gasteiger partial charge in [0, 0.05) is 6.92 Å². The molecule has 0 saturated carbocycles. The second kappa shape index (κ2) is 1.20. The number of ether oxygens (including phenoxy) is 1. The smallest absolute Gasteiger partial charge is 0.299 e. The van der Waals surface area contributed by atoms with E-state index in [-0.39, 0.29) is 6.10 Å². The minimum Gasteiger partial charge on any atom is -0.299 e. The van der Waals surface area contributed by atoms with Crippen molar-refractivity contribution in [3.8, 4) is 0 Å². The normalized spacial score (nSPS) is 44.0. The molecule has 0 aromatic rings. The van der Waals surface area contributed by atoms with Gasteiger partial charge in [-0.3, -0.25) is 14.9 Å². The molecule has 0 spiro atoms. The maximum atomic E-state index is 9.97. The van der Waals surface area contributed by atoms with E-state index in [1.807, 2.05) is 0 Å². The molecule has 2 atom stereocenters. The molecule has 1 heterocycles. The molecule has 2 unspecified atom stereocenters. The van der Waals surface area contributed by atoms with E-state index in [0.717, 1.165) is 0 Å². The van der Waals surface area contributed by atoms with E-state index in [4.69, 9.17) is 0 Å². The van der Waals surface area contributed by atoms with Gasteiger partial charge in [-0.2, -0.15) is 0 Å². The van der Waals surface area contributed by atoms with E-state index in [9.17, 15) is 10.1 Å². The minimum absolute atomic E-state index is 0.211. The largest absolute Gasteiger partial charge is 0.348 e. The minimum atomic E-state index is -1.07. The van der Waals surface area contributed by atoms with Crippen molar-refractivity contribution in [3.05, 3.63) is 10.1 Å². The highest BCUT2D eigenvalue weighted by atomic mass is 16.7. The van der Waals surface area contributed by atoms with Gasteiger partial charge in [0.25, 0.3) is 0 Å². The van der Waals surface area contributed by atoms with Gasteiger partial charge in [-0.15, -0.1) is 0 Å². The van der Waals surface area contributed by atoms with E-state index in [2.05, 4.69) is 4.74 Å². The van der Waals surface area contributed by atoms with Crippen molar-refractivity contribution in [1.29, 1.82) is 0 Å². The van der Waals surface area contributed by atoms with E-state index < -0.39 is 10.6 Å². The Balaban J connectivity index is 2.60. The van der Waals surface area contributed by atoms with Crippen molar-refractivity contribution < 1.29 is 9.66 Å². The van der Waals surface area contributed by atoms with Gasteiger partial charge in [0.15, 0.2) is 6.10 Å². The first-order valence-corrected chi connectivity index (χ1v) is 2.39. The molecule has 0 amide bonds. The summed E-state index contributed by atoms with van der Waals surface area (Å²) in [6, 6.07) is 0. The van der Waals surface area contributed by atoms with Gasteiger partial charge in [0.2, 0.25) is 0 Å². The molecule has 0 bridgehead atoms. The monoisotopic (exact) mass is 117 g/mol. The van der Waals surface area contributed by atoms with E-state index in [0.29, 0.717) is 0 Å². The van der Waals surface area contributed by atoms with Crippen LogP contribution in [0.3, 0.4) is 0 Å². The second-order valence-electron chi connectivity index (χ2n) is 2.07. The third-order valence-corrected chi connectivity index (χ3v) is 1.47. The maximum Gasteiger partial charge on any atom is 0.348 e. The van der Waals surface area contributed by atoms with Gasteiger partial charge >= 0.3 is 5.72 Å². The van der Waals surface area contributed by atoms with E-state index >= 15 is 0 Å². The summed E-state index contributed by atoms with van der Waals surface area (Å²) in [6.45, 7) is 3.15. The fraction of sp³-hybridized carbons (Fsp3) is 1.00. The van der Waals surface area contributed by atoms with Crippen molar-refractivity contribution in [2.75, 3.05) is 0 Å². The van der Waals surface area contributed by atoms with Gasteiger partial charge in [-0.25, -0.2) is 0 Å². The Bertz CT molecular complexity index is 135. The summed E-state index contributed by atoms with van der Waals surface area (Å²) in [7, 11) is 0. The number of nitrogens with zero attached hydrogens (tertiary/aromatic N) is 1. The van der Waals surface area contributed by atoms with Crippen molar-refractivity contribution in [1.82, 2.24) is 0 Å². The van der Waals surface area contributed by atoms with Crippen molar-refractivity contribution >= 4 is 0 Å². The quantitative estimate of drug-likeness (QED) is 0.283. The molecule has 1 aliphatic rings. The number of nitro groups is 1. The summed E-state index contributed by atoms with van der Waals surface area (Å²) >= 11 is 0. The molecule has 0 N–H and O–H groups in total. The molecule has 1 fully saturated rings. The summed E-state index contributed by atoms with van der Waals surface area (Å²) in [5.41, 5.74) is -1.07. The zero-order valence-electron chi connectivity index (χ0n) is 4.75. The summed E-state index contributed by atoms with van der Waals surface area (Å²) in [4.78, 5) is 9.57. The topological polar surface area (TPSA) is 55.7 Å². The average Bonchev–Trinajstić information content (AvgIpc) is 2.17. The molecule has 46 valence electrons. The predicted octanol–water partition coefficient (Wildman–Crippen LogP) is 0.398. The lowest BCUT2D eigenvalue weighted by molar-refractivity contribution is -0.558. The van der Waals surface area contributed by atoms with Crippen molar-refractivity contribution in [2.45, 2.75) is 25.7 Å². The fourth-order valence-electron chi connectivity index (χ4n) is 0.515. The average molecular weight is 117 g/mol. The fourth-order valence-corrected chi connectivity index (χ4v) is 0.515. The Labute approximate surface area is 46.6 Å². The highest BCUT2D eigenvalue weighted by molar-refractivity contribution is 4.84. The Morgan fingerprint density at radius 2 is 2.25 bits per heavy atom. The molecule has 0 aromatic heterocycles. The van der Waals surface area contributed by atoms with Gasteiger partial charge in [-0.05, 0) is 6.92 Å². The Hall–Kier alpha value is -0.640. The van der Waals surface area contributed by atoms with Gasteiger partial charge in [-0.1, -0.05) is 0 Å². The SMILES string of the molecule is CC1OC1(C)[N+](=O)[O-]. The predicted molar refractivity (Wildman–Crippen MR) is 25.9 cm³/mol. The molecule has 0 aliphatic carbocycles. The summed E-state index contributed by atoms with van der Waals surface area (Å²) in [6.07, 6.45) is -0.211. The molecule has 4 nitrogen and oxygen atoms in total. The van der Waals surface area contributed by atoms with E-state index in [1.165, 1.54) is 6.92 Å². The van der Waals surface area contributed by atoms with E-state index in [1.54, 1.807) is 6.92 Å². The highest BCUT2D eigenvalue weighted by Crippen LogP contribution is 2.35. The summed E-state index contributed by atoms with van der Waals surface area (Å²) in [5.74, 6) is 0. The van der Waals surface area contributed by atoms with Crippen LogP contribution in [0.15, 0.2) is 0 Å². The van der Waals surface area contributed by atoms with Crippen LogP contribution in [0.25, 0.3) is 0 Å². The van der Waals surface area contributed by atoms with Crippen LogP contribution in [0.5, 0.6) is 0 Å². The molecule has 4 heteroatoms. The summed E-state index contributed by atoms with van der Waals surface area (Å²) in [5, 5.41) is 9.97. The van der Waals surface area contributed by atoms with Gasteiger partial charge in [0.1, 0.15) is 0 Å². The lowest BCUT2D eigenvalue weighted by Crippen LogP contribution is -2.20. The zero-order valence-corrected chi connectivity index (χ0v) is 4.75. The van der Waals surface area contributed by atoms with Crippen LogP contribution in [-0.4, -0.2) is 16.8 Å². The van der Waals surface area contributed by atoms with Crippen LogP contribution in [0.4, 0.5) is 0 Å². The van der Waals surface area contributed by atoms with Crippen LogP contribution in [-0.2, 0) is 4.74 Å². The third kappa shape index (κ3) is 0.494. The van der Waals surface area contributed by atoms with Crippen LogP contribution in [0.2, 0.25) is 0 Å². The number of rotatable bonds is 1. The first kappa shape index (κ1) is 5.50. The second-order valence-corrected chi connectivity index (χ2v) is 2.07. The first-order chi connectivity index (χ1) is 3.57. The molecular formula is C4H7NO3. The Kier molecular flexibility index (Phi) is 0.822. The Morgan fingerprint density at radius 1 is 1.88 bits per heavy atom. The molecule has 1 rings (SSSR count). The standard InChI is InChI=1S/C4H7NO3/c1-3-4(2,8-3)5(6)7/h3H,1-2H3. The molecule has 0 aromatic carbocycles. The van der Waals surface area contributed by atoms with Gasteiger partial charge in [0.05, 0.1) is 4.92 Å². The highest BCUT2D eigenvalue weighted by Gasteiger charge is 2.62. The molecule has 1 aliphatic heterocycles. The molecule has 0 radical (unpaired) electrons. The Morgan fingerprint density at radius 3 is 2.25 bits per heavy atom. The van der Waals surface area contributed by atoms with Crippen LogP contribution in [0.1, 0.15) is 13.8 Å². The lowest BCUT2D eigenvalue weighted by Gasteiger charge is -1.90. The van der Waals surface area contributed by atoms with Gasteiger partial charge < -0.3 is 0 Å². The third-order valence-electron chi connectivity index (χ3n) is 1.47. The lowest BCUT2D eigenvalue weighted by atomic mass is 10.3. The van der Waals surface area contributed by atoms with Crippen molar-refractivity contribution in [3.63, 3.8) is 0 Å². The number of hydrogen-bond acceptors (Lipinski definition) is 3. The molecular weight excluding hydrogens is 110 g/mol. The number of hydrogen-bond donors (Lipinski definition) is 0. The molecule has 8 heavy (non-hydrogen) atoms. The maximum absolute atomic E-state index is 9.97. The summed E-state index contributed by atoms with van der Waals surface area (Å²) < 4.78 is 4.67. The van der Waals surface area contributed by atoms with Crippen LogP contribution < -0.4 is 0 Å². The molecule has 1 saturated heterocycles. The van der Waals surface area contributed by atoms with Crippen LogP contribution >= 0.6 is 0 Å². The number of epoxide rings is 1.